The van der Waals surface area contributed by atoms with E-state index < -0.39 is 18.0 Å². The van der Waals surface area contributed by atoms with Crippen LogP contribution < -0.4 is 10.1 Å². The van der Waals surface area contributed by atoms with E-state index in [1.54, 1.807) is 72.8 Å². The predicted octanol–water partition coefficient (Wildman–Crippen LogP) is 4.11. The lowest BCUT2D eigenvalue weighted by atomic mass is 9.98. The highest BCUT2D eigenvalue weighted by atomic mass is 16.5. The summed E-state index contributed by atoms with van der Waals surface area (Å²) in [6.45, 7) is 1.46. The number of hydrogen-bond acceptors (Lipinski definition) is 5. The molecular formula is C24H21NO5. The van der Waals surface area contributed by atoms with E-state index in [0.717, 1.165) is 0 Å². The highest BCUT2D eigenvalue weighted by Crippen LogP contribution is 2.23. The van der Waals surface area contributed by atoms with Gasteiger partial charge >= 0.3 is 5.97 Å². The molecule has 3 aromatic carbocycles. The Kier molecular flexibility index (Phi) is 6.60. The van der Waals surface area contributed by atoms with Crippen LogP contribution in [0.25, 0.3) is 0 Å². The molecule has 0 aliphatic carbocycles. The van der Waals surface area contributed by atoms with Gasteiger partial charge in [-0.3, -0.25) is 9.59 Å². The molecule has 3 aromatic rings. The smallest absolute Gasteiger partial charge is 0.339 e. The van der Waals surface area contributed by atoms with Gasteiger partial charge < -0.3 is 14.8 Å². The molecule has 0 saturated carbocycles. The zero-order valence-electron chi connectivity index (χ0n) is 16.6. The number of benzene rings is 3. The molecule has 1 atom stereocenters. The second-order valence-corrected chi connectivity index (χ2v) is 6.48. The lowest BCUT2D eigenvalue weighted by Crippen LogP contribution is -2.30. The normalized spacial score (nSPS) is 11.3. The number of para-hydroxylation sites is 2. The summed E-state index contributed by atoms with van der Waals surface area (Å²) >= 11 is 0. The number of rotatable bonds is 7. The minimum absolute atomic E-state index is 0.100. The average molecular weight is 403 g/mol. The highest BCUT2D eigenvalue weighted by molar-refractivity contribution is 6.14. The fourth-order valence-corrected chi connectivity index (χ4v) is 2.86. The molecule has 3 rings (SSSR count). The highest BCUT2D eigenvalue weighted by Gasteiger charge is 2.24. The number of nitrogens with one attached hydrogen (secondary N) is 1. The van der Waals surface area contributed by atoms with Crippen molar-refractivity contribution in [3.8, 4) is 5.75 Å². The fraction of sp³-hybridized carbons (Fsp3) is 0.125. The van der Waals surface area contributed by atoms with Crippen molar-refractivity contribution in [2.45, 2.75) is 13.0 Å². The van der Waals surface area contributed by atoms with Crippen LogP contribution in [0.4, 0.5) is 5.69 Å². The third-order valence-corrected chi connectivity index (χ3v) is 4.45. The van der Waals surface area contributed by atoms with Crippen LogP contribution in [0.3, 0.4) is 0 Å². The van der Waals surface area contributed by atoms with Gasteiger partial charge in [-0.15, -0.1) is 0 Å². The Morgan fingerprint density at radius 1 is 0.800 bits per heavy atom. The fourth-order valence-electron chi connectivity index (χ4n) is 2.86. The first-order valence-corrected chi connectivity index (χ1v) is 9.35. The molecule has 0 aromatic heterocycles. The van der Waals surface area contributed by atoms with Gasteiger partial charge in [0.05, 0.1) is 18.4 Å². The minimum atomic E-state index is -1.08. The van der Waals surface area contributed by atoms with Gasteiger partial charge in [-0.05, 0) is 25.1 Å². The molecule has 0 aliphatic rings. The Hall–Kier alpha value is -3.93. The Morgan fingerprint density at radius 2 is 1.40 bits per heavy atom. The van der Waals surface area contributed by atoms with Crippen molar-refractivity contribution in [2.75, 3.05) is 12.4 Å². The maximum atomic E-state index is 12.8. The number of anilines is 1. The molecule has 152 valence electrons. The first kappa shape index (κ1) is 20.8. The van der Waals surface area contributed by atoms with Gasteiger partial charge in [-0.2, -0.15) is 0 Å². The first-order chi connectivity index (χ1) is 14.5. The molecule has 0 bridgehead atoms. The zero-order chi connectivity index (χ0) is 21.5. The standard InChI is InChI=1S/C24H21NO5/c1-16(23(27)25-20-14-8-9-15-21(20)29-2)30-24(28)19-13-7-6-12-18(19)22(26)17-10-4-3-5-11-17/h3-16H,1-2H3,(H,25,27)/t16-/m1/s1. The Bertz CT molecular complexity index is 1060. The lowest BCUT2D eigenvalue weighted by Gasteiger charge is -2.16. The summed E-state index contributed by atoms with van der Waals surface area (Å²) < 4.78 is 10.5. The third-order valence-electron chi connectivity index (χ3n) is 4.45. The summed E-state index contributed by atoms with van der Waals surface area (Å²) in [5, 5.41) is 2.67. The van der Waals surface area contributed by atoms with Crippen LogP contribution in [0.5, 0.6) is 5.75 Å². The molecule has 0 unspecified atom stereocenters. The van der Waals surface area contributed by atoms with E-state index in [1.165, 1.54) is 20.1 Å². The second kappa shape index (κ2) is 9.52. The van der Waals surface area contributed by atoms with Gasteiger partial charge in [0.2, 0.25) is 0 Å². The van der Waals surface area contributed by atoms with E-state index in [-0.39, 0.29) is 16.9 Å². The van der Waals surface area contributed by atoms with Crippen LogP contribution in [0.1, 0.15) is 33.2 Å². The number of amides is 1. The summed E-state index contributed by atoms with van der Waals surface area (Å²) in [4.78, 5) is 38.0. The molecule has 0 radical (unpaired) electrons. The van der Waals surface area contributed by atoms with Gasteiger partial charge in [-0.25, -0.2) is 4.79 Å². The molecule has 30 heavy (non-hydrogen) atoms. The van der Waals surface area contributed by atoms with Crippen molar-refractivity contribution in [3.05, 3.63) is 95.6 Å². The van der Waals surface area contributed by atoms with E-state index in [0.29, 0.717) is 17.0 Å². The van der Waals surface area contributed by atoms with Crippen molar-refractivity contribution >= 4 is 23.3 Å². The number of hydrogen-bond donors (Lipinski definition) is 1. The number of carbonyl (C=O) groups is 3. The van der Waals surface area contributed by atoms with Gasteiger partial charge in [0.1, 0.15) is 5.75 Å². The number of carbonyl (C=O) groups excluding carboxylic acids is 3. The molecule has 6 nitrogen and oxygen atoms in total. The minimum Gasteiger partial charge on any atom is -0.495 e. The topological polar surface area (TPSA) is 81.7 Å². The molecule has 0 heterocycles. The zero-order valence-corrected chi connectivity index (χ0v) is 16.6. The van der Waals surface area contributed by atoms with Crippen LogP contribution in [0.15, 0.2) is 78.9 Å². The first-order valence-electron chi connectivity index (χ1n) is 9.35. The average Bonchev–Trinajstić information content (AvgIpc) is 2.79. The molecular weight excluding hydrogens is 382 g/mol. The summed E-state index contributed by atoms with van der Waals surface area (Å²) in [5.41, 5.74) is 1.24. The quantitative estimate of drug-likeness (QED) is 0.474. The van der Waals surface area contributed by atoms with E-state index in [2.05, 4.69) is 5.32 Å². The second-order valence-electron chi connectivity index (χ2n) is 6.48. The van der Waals surface area contributed by atoms with Crippen LogP contribution in [-0.2, 0) is 9.53 Å². The van der Waals surface area contributed by atoms with Crippen molar-refractivity contribution in [3.63, 3.8) is 0 Å². The summed E-state index contributed by atoms with van der Waals surface area (Å²) in [7, 11) is 1.50. The van der Waals surface area contributed by atoms with Gasteiger partial charge in [0, 0.05) is 11.1 Å². The lowest BCUT2D eigenvalue weighted by molar-refractivity contribution is -0.123. The van der Waals surface area contributed by atoms with Gasteiger partial charge in [0.25, 0.3) is 5.91 Å². The van der Waals surface area contributed by atoms with Crippen LogP contribution in [0.2, 0.25) is 0 Å². The number of methoxy groups -OCH3 is 1. The van der Waals surface area contributed by atoms with Crippen molar-refractivity contribution in [1.29, 1.82) is 0 Å². The van der Waals surface area contributed by atoms with Crippen LogP contribution >= 0.6 is 0 Å². The number of ketones is 1. The third kappa shape index (κ3) is 4.72. The maximum absolute atomic E-state index is 12.8. The van der Waals surface area contributed by atoms with Crippen LogP contribution in [-0.4, -0.2) is 30.9 Å². The van der Waals surface area contributed by atoms with Gasteiger partial charge in [0.15, 0.2) is 11.9 Å². The van der Waals surface area contributed by atoms with Crippen LogP contribution in [0, 0.1) is 0 Å². The molecule has 1 amide bonds. The SMILES string of the molecule is COc1ccccc1NC(=O)[C@@H](C)OC(=O)c1ccccc1C(=O)c1ccccc1. The molecule has 0 fully saturated rings. The van der Waals surface area contributed by atoms with Crippen molar-refractivity contribution < 1.29 is 23.9 Å². The van der Waals surface area contributed by atoms with Gasteiger partial charge in [-0.1, -0.05) is 60.7 Å². The van der Waals surface area contributed by atoms with E-state index >= 15 is 0 Å². The molecule has 1 N–H and O–H groups in total. The molecule has 0 saturated heterocycles. The van der Waals surface area contributed by atoms with Crippen molar-refractivity contribution in [2.24, 2.45) is 0 Å². The van der Waals surface area contributed by atoms with E-state index in [4.69, 9.17) is 9.47 Å². The Labute approximate surface area is 174 Å². The summed E-state index contributed by atoms with van der Waals surface area (Å²) in [5.74, 6) is -1.07. The summed E-state index contributed by atoms with van der Waals surface area (Å²) in [6, 6.07) is 21.9. The molecule has 6 heteroatoms. The monoisotopic (exact) mass is 403 g/mol. The maximum Gasteiger partial charge on any atom is 0.339 e. The Balaban J connectivity index is 1.74. The molecule has 0 spiro atoms. The van der Waals surface area contributed by atoms with Crippen molar-refractivity contribution in [1.82, 2.24) is 0 Å². The molecule has 0 aliphatic heterocycles. The number of esters is 1. The van der Waals surface area contributed by atoms with E-state index in [1.807, 2.05) is 0 Å². The summed E-state index contributed by atoms with van der Waals surface area (Å²) in [6.07, 6.45) is -1.08. The predicted molar refractivity (Wildman–Crippen MR) is 113 cm³/mol. The van der Waals surface area contributed by atoms with E-state index in [9.17, 15) is 14.4 Å². The number of ether oxygens (including phenoxy) is 2. The Morgan fingerprint density at radius 3 is 2.10 bits per heavy atom. The largest absolute Gasteiger partial charge is 0.495 e.